The van der Waals surface area contributed by atoms with Crippen LogP contribution in [0, 0.1) is 0 Å². The van der Waals surface area contributed by atoms with E-state index >= 15 is 0 Å². The summed E-state index contributed by atoms with van der Waals surface area (Å²) in [6, 6.07) is 6.20. The number of carbonyl (C=O) groups is 2. The van der Waals surface area contributed by atoms with Crippen molar-refractivity contribution in [3.05, 3.63) is 29.8 Å². The molecule has 1 amide bonds. The third-order valence-corrected chi connectivity index (χ3v) is 5.25. The van der Waals surface area contributed by atoms with Gasteiger partial charge in [0.05, 0.1) is 0 Å². The fraction of sp³-hybridized carbons (Fsp3) is 0.714. The van der Waals surface area contributed by atoms with Gasteiger partial charge >= 0.3 is 12.5 Å². The molecule has 1 aromatic rings. The number of amides is 1. The third kappa shape index (κ3) is 18.0. The number of piperidine rings is 2. The fourth-order valence-corrected chi connectivity index (χ4v) is 3.36. The zero-order chi connectivity index (χ0) is 29.2. The highest BCUT2D eigenvalue weighted by atomic mass is 19.4. The first kappa shape index (κ1) is 35.7. The minimum Gasteiger partial charge on any atom is -0.444 e. The number of carbonyl (C=O) groups excluding carboxylic acids is 2. The lowest BCUT2D eigenvalue weighted by molar-refractivity contribution is -0.274. The molecule has 0 atom stereocenters. The fourth-order valence-electron chi connectivity index (χ4n) is 3.36. The summed E-state index contributed by atoms with van der Waals surface area (Å²) >= 11 is 0. The van der Waals surface area contributed by atoms with Crippen molar-refractivity contribution in [2.75, 3.05) is 39.8 Å². The largest absolute Gasteiger partial charge is 0.573 e. The Labute approximate surface area is 226 Å². The van der Waals surface area contributed by atoms with Gasteiger partial charge in [0.2, 0.25) is 0 Å². The zero-order valence-electron chi connectivity index (χ0n) is 24.2. The topological polar surface area (TPSA) is 79.9 Å². The summed E-state index contributed by atoms with van der Waals surface area (Å²) < 4.78 is 44.9. The second-order valence-electron chi connectivity index (χ2n) is 10.1. The molecule has 2 fully saturated rings. The van der Waals surface area contributed by atoms with Gasteiger partial charge in [0.15, 0.2) is 0 Å². The number of alkyl halides is 3. The van der Waals surface area contributed by atoms with E-state index in [1.54, 1.807) is 17.0 Å². The van der Waals surface area contributed by atoms with Crippen LogP contribution in [0.2, 0.25) is 0 Å². The van der Waals surface area contributed by atoms with Crippen molar-refractivity contribution in [3.63, 3.8) is 0 Å². The molecule has 38 heavy (non-hydrogen) atoms. The summed E-state index contributed by atoms with van der Waals surface area (Å²) in [6.45, 7) is 15.8. The first-order chi connectivity index (χ1) is 17.8. The Morgan fingerprint density at radius 3 is 1.89 bits per heavy atom. The lowest BCUT2D eigenvalue weighted by Crippen LogP contribution is -2.41. The standard InChI is InChI=1S/C12H14F3NO.C10H17NO3.C3H9N.C3H8/c13-12(14,15)17-11-3-1-9(2-4-11)10-5-7-16-8-6-10;1-10(2,3)14-9(13)11-6-4-8(12)5-7-11;1-3-4-2;1-3-2/h1-4,10,16H,5-8H2;4-7H2,1-3H3;4H,3H2,1-2H3;3H2,1-2H3. The molecule has 0 aromatic heterocycles. The molecule has 0 aliphatic carbocycles. The molecule has 2 aliphatic heterocycles. The van der Waals surface area contributed by atoms with E-state index in [-0.39, 0.29) is 17.6 Å². The molecule has 2 N–H and O–H groups in total. The van der Waals surface area contributed by atoms with Crippen LogP contribution in [0.5, 0.6) is 5.75 Å². The van der Waals surface area contributed by atoms with Crippen LogP contribution in [0.1, 0.15) is 85.1 Å². The summed E-state index contributed by atoms with van der Waals surface area (Å²) in [5.41, 5.74) is 0.624. The van der Waals surface area contributed by atoms with Crippen molar-refractivity contribution >= 4 is 11.9 Å². The van der Waals surface area contributed by atoms with E-state index in [1.165, 1.54) is 18.6 Å². The highest BCUT2D eigenvalue weighted by molar-refractivity contribution is 5.81. The number of hydrogen-bond acceptors (Lipinski definition) is 6. The van der Waals surface area contributed by atoms with Gasteiger partial charge in [-0.1, -0.05) is 39.3 Å². The normalized spacial score (nSPS) is 16.1. The van der Waals surface area contributed by atoms with E-state index in [4.69, 9.17) is 4.74 Å². The van der Waals surface area contributed by atoms with Crippen molar-refractivity contribution in [1.29, 1.82) is 0 Å². The smallest absolute Gasteiger partial charge is 0.444 e. The van der Waals surface area contributed by atoms with Crippen molar-refractivity contribution in [1.82, 2.24) is 15.5 Å². The molecule has 10 heteroatoms. The van der Waals surface area contributed by atoms with E-state index in [0.29, 0.717) is 31.8 Å². The van der Waals surface area contributed by atoms with Crippen LogP contribution in [0.4, 0.5) is 18.0 Å². The molecular weight excluding hydrogens is 499 g/mol. The molecule has 220 valence electrons. The Kier molecular flexibility index (Phi) is 17.7. The second-order valence-corrected chi connectivity index (χ2v) is 10.1. The maximum absolute atomic E-state index is 12.0. The highest BCUT2D eigenvalue weighted by Gasteiger charge is 2.31. The summed E-state index contributed by atoms with van der Waals surface area (Å²) in [6.07, 6.45) is -0.710. The molecule has 2 aliphatic rings. The Bertz CT molecular complexity index is 763. The van der Waals surface area contributed by atoms with Crippen molar-refractivity contribution in [2.45, 2.75) is 91.5 Å². The predicted octanol–water partition coefficient (Wildman–Crippen LogP) is 6.28. The molecule has 2 heterocycles. The summed E-state index contributed by atoms with van der Waals surface area (Å²) in [7, 11) is 1.93. The average Bonchev–Trinajstić information content (AvgIpc) is 2.84. The van der Waals surface area contributed by atoms with Gasteiger partial charge in [-0.3, -0.25) is 4.79 Å². The van der Waals surface area contributed by atoms with Crippen LogP contribution in [0.3, 0.4) is 0 Å². The van der Waals surface area contributed by atoms with Crippen molar-refractivity contribution in [3.8, 4) is 5.75 Å². The third-order valence-electron chi connectivity index (χ3n) is 5.25. The Morgan fingerprint density at radius 2 is 1.50 bits per heavy atom. The Hall–Kier alpha value is -2.33. The summed E-state index contributed by atoms with van der Waals surface area (Å²) in [5, 5.41) is 6.18. The molecule has 7 nitrogen and oxygen atoms in total. The molecule has 0 bridgehead atoms. The van der Waals surface area contributed by atoms with Gasteiger partial charge in [-0.2, -0.15) is 0 Å². The minimum atomic E-state index is -4.61. The molecule has 2 saturated heterocycles. The van der Waals surface area contributed by atoms with Crippen molar-refractivity contribution < 1.29 is 32.2 Å². The lowest BCUT2D eigenvalue weighted by Gasteiger charge is -2.29. The van der Waals surface area contributed by atoms with Gasteiger partial charge in [0, 0.05) is 25.9 Å². The molecule has 0 spiro atoms. The van der Waals surface area contributed by atoms with Gasteiger partial charge < -0.3 is 25.0 Å². The molecular formula is C28H48F3N3O4. The molecule has 0 saturated carbocycles. The number of Topliss-reactive ketones (excluding diaryl/α,β-unsaturated/α-hetero) is 1. The monoisotopic (exact) mass is 547 g/mol. The number of likely N-dealkylation sites (tertiary alicyclic amines) is 1. The van der Waals surface area contributed by atoms with Crippen LogP contribution in [-0.2, 0) is 9.53 Å². The van der Waals surface area contributed by atoms with E-state index < -0.39 is 12.0 Å². The van der Waals surface area contributed by atoms with E-state index in [1.807, 2.05) is 27.8 Å². The first-order valence-electron chi connectivity index (χ1n) is 13.5. The Morgan fingerprint density at radius 1 is 1.03 bits per heavy atom. The van der Waals surface area contributed by atoms with Gasteiger partial charge in [-0.25, -0.2) is 4.79 Å². The number of hydrogen-bond donors (Lipinski definition) is 2. The predicted molar refractivity (Wildman–Crippen MR) is 146 cm³/mol. The highest BCUT2D eigenvalue weighted by Crippen LogP contribution is 2.28. The maximum Gasteiger partial charge on any atom is 0.573 e. The van der Waals surface area contributed by atoms with Crippen LogP contribution in [0.15, 0.2) is 24.3 Å². The average molecular weight is 548 g/mol. The van der Waals surface area contributed by atoms with Crippen LogP contribution < -0.4 is 15.4 Å². The lowest BCUT2D eigenvalue weighted by atomic mass is 9.90. The van der Waals surface area contributed by atoms with E-state index in [9.17, 15) is 22.8 Å². The number of halogens is 3. The van der Waals surface area contributed by atoms with Gasteiger partial charge in [0.1, 0.15) is 17.1 Å². The van der Waals surface area contributed by atoms with Gasteiger partial charge in [-0.05, 0) is 83.9 Å². The summed E-state index contributed by atoms with van der Waals surface area (Å²) in [5.74, 6) is 0.510. The van der Waals surface area contributed by atoms with Crippen LogP contribution >= 0.6 is 0 Å². The SMILES string of the molecule is CC(C)(C)OC(=O)N1CCC(=O)CC1.CCC.CCNC.FC(F)(F)Oc1ccc(C2CCNCC2)cc1. The van der Waals surface area contributed by atoms with Crippen LogP contribution in [0.25, 0.3) is 0 Å². The summed E-state index contributed by atoms with van der Waals surface area (Å²) in [4.78, 5) is 24.0. The molecule has 0 radical (unpaired) electrons. The number of ketones is 1. The zero-order valence-corrected chi connectivity index (χ0v) is 24.2. The van der Waals surface area contributed by atoms with Gasteiger partial charge in [0.25, 0.3) is 0 Å². The van der Waals surface area contributed by atoms with Crippen molar-refractivity contribution in [2.24, 2.45) is 0 Å². The maximum atomic E-state index is 12.0. The second kappa shape index (κ2) is 18.8. The Balaban J connectivity index is 0.000000587. The first-order valence-corrected chi connectivity index (χ1v) is 13.5. The molecule has 0 unspecified atom stereocenters. The number of nitrogens with one attached hydrogen (secondary N) is 2. The number of nitrogens with zero attached hydrogens (tertiary/aromatic N) is 1. The molecule has 1 aromatic carbocycles. The number of ether oxygens (including phenoxy) is 2. The number of benzene rings is 1. The quantitative estimate of drug-likeness (QED) is 0.464. The number of rotatable bonds is 3. The minimum absolute atomic E-state index is 0.157. The molecule has 3 rings (SSSR count). The van der Waals surface area contributed by atoms with E-state index in [0.717, 1.165) is 38.0 Å². The van der Waals surface area contributed by atoms with Gasteiger partial charge in [-0.15, -0.1) is 13.2 Å². The van der Waals surface area contributed by atoms with E-state index in [2.05, 4.69) is 36.1 Å². The van der Waals surface area contributed by atoms with Crippen LogP contribution in [-0.4, -0.2) is 68.5 Å².